The molecule has 0 N–H and O–H groups in total. The van der Waals surface area contributed by atoms with E-state index in [0.717, 1.165) is 12.8 Å². The van der Waals surface area contributed by atoms with Gasteiger partial charge in [-0.15, -0.1) is 6.58 Å². The molecule has 0 rings (SSSR count). The average molecular weight is 207 g/mol. The summed E-state index contributed by atoms with van der Waals surface area (Å²) in [6, 6.07) is 2.10. The van der Waals surface area contributed by atoms with Crippen molar-refractivity contribution >= 4 is 11.6 Å². The Morgan fingerprint density at radius 2 is 2.20 bits per heavy atom. The van der Waals surface area contributed by atoms with Crippen LogP contribution in [-0.2, 0) is 9.59 Å². The maximum atomic E-state index is 11.3. The van der Waals surface area contributed by atoms with Crippen molar-refractivity contribution in [2.45, 2.75) is 39.0 Å². The third kappa shape index (κ3) is 7.63. The highest BCUT2D eigenvalue weighted by molar-refractivity contribution is 5.98. The van der Waals surface area contributed by atoms with Crippen LogP contribution in [0.1, 0.15) is 39.0 Å². The lowest BCUT2D eigenvalue weighted by atomic mass is 9.96. The lowest BCUT2D eigenvalue weighted by molar-refractivity contribution is -0.126. The third-order valence-corrected chi connectivity index (χ3v) is 2.06. The molecule has 1 atom stereocenters. The van der Waals surface area contributed by atoms with E-state index in [0.29, 0.717) is 6.42 Å². The molecule has 82 valence electrons. The van der Waals surface area contributed by atoms with Crippen molar-refractivity contribution in [2.75, 3.05) is 0 Å². The van der Waals surface area contributed by atoms with Crippen LogP contribution in [0.4, 0.5) is 0 Å². The van der Waals surface area contributed by atoms with Crippen LogP contribution in [0.2, 0.25) is 0 Å². The summed E-state index contributed by atoms with van der Waals surface area (Å²) < 4.78 is 0. The van der Waals surface area contributed by atoms with E-state index in [1.807, 2.05) is 0 Å². The number of ketones is 2. The first-order valence-electron chi connectivity index (χ1n) is 5.11. The van der Waals surface area contributed by atoms with Crippen molar-refractivity contribution in [2.24, 2.45) is 5.92 Å². The first kappa shape index (κ1) is 13.6. The van der Waals surface area contributed by atoms with E-state index in [1.165, 1.54) is 6.92 Å². The van der Waals surface area contributed by atoms with E-state index >= 15 is 0 Å². The van der Waals surface area contributed by atoms with Crippen LogP contribution in [0.5, 0.6) is 0 Å². The van der Waals surface area contributed by atoms with Gasteiger partial charge < -0.3 is 0 Å². The molecule has 0 amide bonds. The number of hydrogen-bond donors (Lipinski definition) is 0. The molecule has 0 aliphatic carbocycles. The van der Waals surface area contributed by atoms with Crippen LogP contribution in [0.25, 0.3) is 0 Å². The fourth-order valence-electron chi connectivity index (χ4n) is 1.35. The number of hydrogen-bond acceptors (Lipinski definition) is 3. The second kappa shape index (κ2) is 7.93. The number of Topliss-reactive ketones (excluding diaryl/α,β-unsaturated/α-hetero) is 2. The molecule has 0 aromatic rings. The van der Waals surface area contributed by atoms with Gasteiger partial charge in [0.25, 0.3) is 0 Å². The Balaban J connectivity index is 3.88. The molecule has 3 nitrogen and oxygen atoms in total. The van der Waals surface area contributed by atoms with Gasteiger partial charge in [-0.2, -0.15) is 5.26 Å². The summed E-state index contributed by atoms with van der Waals surface area (Å²) in [4.78, 5) is 21.9. The molecule has 0 radical (unpaired) electrons. The molecule has 0 saturated heterocycles. The largest absolute Gasteiger partial charge is 0.300 e. The number of rotatable bonds is 8. The Hall–Kier alpha value is -1.43. The Morgan fingerprint density at radius 1 is 1.53 bits per heavy atom. The van der Waals surface area contributed by atoms with Crippen molar-refractivity contribution in [3.63, 3.8) is 0 Å². The molecule has 0 saturated carbocycles. The van der Waals surface area contributed by atoms with Gasteiger partial charge in [0.05, 0.1) is 18.4 Å². The predicted octanol–water partition coefficient (Wildman–Crippen LogP) is 2.42. The molecule has 0 aliphatic rings. The van der Waals surface area contributed by atoms with Gasteiger partial charge in [-0.05, 0) is 26.2 Å². The van der Waals surface area contributed by atoms with E-state index in [4.69, 9.17) is 5.26 Å². The highest BCUT2D eigenvalue weighted by atomic mass is 16.1. The smallest absolute Gasteiger partial charge is 0.141 e. The topological polar surface area (TPSA) is 57.9 Å². The highest BCUT2D eigenvalue weighted by Gasteiger charge is 2.13. The van der Waals surface area contributed by atoms with Crippen LogP contribution in [0.15, 0.2) is 12.7 Å². The van der Waals surface area contributed by atoms with Gasteiger partial charge in [-0.1, -0.05) is 6.08 Å². The molecule has 0 heterocycles. The molecule has 0 spiro atoms. The van der Waals surface area contributed by atoms with Crippen molar-refractivity contribution < 1.29 is 9.59 Å². The summed E-state index contributed by atoms with van der Waals surface area (Å²) >= 11 is 0. The summed E-state index contributed by atoms with van der Waals surface area (Å²) in [7, 11) is 0. The van der Waals surface area contributed by atoms with Gasteiger partial charge in [0.1, 0.15) is 11.6 Å². The monoisotopic (exact) mass is 207 g/mol. The summed E-state index contributed by atoms with van der Waals surface area (Å²) in [5.41, 5.74) is 0. The molecule has 0 aliphatic heterocycles. The number of allylic oxidation sites excluding steroid dienone is 1. The van der Waals surface area contributed by atoms with Crippen molar-refractivity contribution in [1.29, 1.82) is 5.26 Å². The number of carbonyl (C=O) groups excluding carboxylic acids is 2. The van der Waals surface area contributed by atoms with Crippen LogP contribution >= 0.6 is 0 Å². The maximum absolute atomic E-state index is 11.3. The molecule has 0 bridgehead atoms. The Bertz CT molecular complexity index is 276. The number of nitrogens with zero attached hydrogens (tertiary/aromatic N) is 1. The fraction of sp³-hybridized carbons (Fsp3) is 0.583. The summed E-state index contributed by atoms with van der Waals surface area (Å²) in [5.74, 6) is -0.521. The third-order valence-electron chi connectivity index (χ3n) is 2.06. The number of carbonyl (C=O) groups is 2. The van der Waals surface area contributed by atoms with Crippen molar-refractivity contribution in [3.8, 4) is 6.07 Å². The first-order chi connectivity index (χ1) is 7.10. The maximum Gasteiger partial charge on any atom is 0.141 e. The first-order valence-corrected chi connectivity index (χ1v) is 5.11. The average Bonchev–Trinajstić information content (AvgIpc) is 2.15. The molecule has 0 fully saturated rings. The zero-order chi connectivity index (χ0) is 11.7. The van der Waals surface area contributed by atoms with Crippen LogP contribution in [0.3, 0.4) is 0 Å². The highest BCUT2D eigenvalue weighted by Crippen LogP contribution is 2.13. The van der Waals surface area contributed by atoms with Crippen molar-refractivity contribution in [3.05, 3.63) is 12.7 Å². The lowest BCUT2D eigenvalue weighted by Crippen LogP contribution is -2.10. The van der Waals surface area contributed by atoms with Crippen molar-refractivity contribution in [1.82, 2.24) is 0 Å². The van der Waals surface area contributed by atoms with Gasteiger partial charge in [-0.25, -0.2) is 0 Å². The van der Waals surface area contributed by atoms with Gasteiger partial charge in [0.2, 0.25) is 0 Å². The lowest BCUT2D eigenvalue weighted by Gasteiger charge is -2.06. The Kier molecular flexibility index (Phi) is 7.17. The summed E-state index contributed by atoms with van der Waals surface area (Å²) in [6.07, 6.45) is 4.39. The number of unbranched alkanes of at least 4 members (excludes halogenated alkanes) is 1. The normalized spacial score (nSPS) is 11.5. The Labute approximate surface area is 90.8 Å². The summed E-state index contributed by atoms with van der Waals surface area (Å²) in [6.45, 7) is 4.98. The number of nitriles is 1. The molecular weight excluding hydrogens is 190 g/mol. The van der Waals surface area contributed by atoms with Gasteiger partial charge in [0.15, 0.2) is 0 Å². The SMILES string of the molecule is C=CCCC[C@@H](C#N)CC(=O)CC(C)=O. The quantitative estimate of drug-likeness (QED) is 0.349. The second-order valence-electron chi connectivity index (χ2n) is 3.67. The molecule has 0 aromatic heterocycles. The predicted molar refractivity (Wildman–Crippen MR) is 58.1 cm³/mol. The van der Waals surface area contributed by atoms with Crippen LogP contribution in [0, 0.1) is 17.2 Å². The minimum atomic E-state index is -0.253. The minimum Gasteiger partial charge on any atom is -0.300 e. The van der Waals surface area contributed by atoms with E-state index < -0.39 is 0 Å². The minimum absolute atomic E-state index is 0.0420. The van der Waals surface area contributed by atoms with E-state index in [2.05, 4.69) is 12.6 Å². The standard InChI is InChI=1S/C12H17NO2/c1-3-4-5-6-11(9-13)8-12(15)7-10(2)14/h3,11H,1,4-8H2,2H3/t11-/m1/s1. The molecule has 0 unspecified atom stereocenters. The van der Waals surface area contributed by atoms with Gasteiger partial charge in [0, 0.05) is 6.42 Å². The van der Waals surface area contributed by atoms with Gasteiger partial charge in [-0.3, -0.25) is 9.59 Å². The molecule has 3 heteroatoms. The molecule has 15 heavy (non-hydrogen) atoms. The van der Waals surface area contributed by atoms with E-state index in [9.17, 15) is 9.59 Å². The zero-order valence-electron chi connectivity index (χ0n) is 9.16. The van der Waals surface area contributed by atoms with E-state index in [1.54, 1.807) is 6.08 Å². The molecule has 0 aromatic carbocycles. The Morgan fingerprint density at radius 3 is 2.67 bits per heavy atom. The molecular formula is C12H17NO2. The zero-order valence-corrected chi connectivity index (χ0v) is 9.16. The van der Waals surface area contributed by atoms with E-state index in [-0.39, 0.29) is 30.3 Å². The van der Waals surface area contributed by atoms with Gasteiger partial charge >= 0.3 is 0 Å². The fourth-order valence-corrected chi connectivity index (χ4v) is 1.35. The summed E-state index contributed by atoms with van der Waals surface area (Å²) in [5, 5.41) is 8.80. The van der Waals surface area contributed by atoms with Crippen LogP contribution in [-0.4, -0.2) is 11.6 Å². The van der Waals surface area contributed by atoms with Crippen LogP contribution < -0.4 is 0 Å². The second-order valence-corrected chi connectivity index (χ2v) is 3.67.